The molecule has 2 fully saturated rings. The Hall–Kier alpha value is -3.02. The van der Waals surface area contributed by atoms with E-state index < -0.39 is 53.4 Å². The number of carbonyl (C=O) groups excluding carboxylic acids is 3. The van der Waals surface area contributed by atoms with Gasteiger partial charge in [-0.3, -0.25) is 24.6 Å². The molecule has 1 aromatic carbocycles. The number of ether oxygens (including phenoxy) is 1. The highest BCUT2D eigenvalue weighted by molar-refractivity contribution is 6.12. The lowest BCUT2D eigenvalue weighted by Crippen LogP contribution is -2.71. The molecule has 1 aromatic rings. The van der Waals surface area contributed by atoms with E-state index in [9.17, 15) is 37.7 Å². The van der Waals surface area contributed by atoms with Gasteiger partial charge < -0.3 is 9.64 Å². The Kier molecular flexibility index (Phi) is 5.79. The number of nitro groups is 1. The minimum absolute atomic E-state index is 0.0380. The molecule has 3 unspecified atom stereocenters. The monoisotopic (exact) mass is 429 g/mol. The van der Waals surface area contributed by atoms with E-state index in [4.69, 9.17) is 4.74 Å². The van der Waals surface area contributed by atoms with E-state index in [2.05, 4.69) is 0 Å². The third-order valence-electron chi connectivity index (χ3n) is 5.16. The molecule has 0 aromatic heterocycles. The van der Waals surface area contributed by atoms with E-state index in [1.807, 2.05) is 0 Å². The van der Waals surface area contributed by atoms with Crippen LogP contribution in [0.1, 0.15) is 18.9 Å². The van der Waals surface area contributed by atoms with Gasteiger partial charge in [0.1, 0.15) is 12.6 Å². The molecule has 2 aliphatic heterocycles. The number of non-ortho nitro benzene ring substituents is 1. The molecule has 2 saturated heterocycles. The number of carbonyl (C=O) groups is 3. The molecule has 0 aliphatic carbocycles. The lowest BCUT2D eigenvalue weighted by atomic mass is 9.94. The number of β-lactam (4-membered cyclic amide) rings is 1. The van der Waals surface area contributed by atoms with Crippen LogP contribution in [0, 0.1) is 10.1 Å². The zero-order valence-electron chi connectivity index (χ0n) is 15.8. The van der Waals surface area contributed by atoms with Gasteiger partial charge >= 0.3 is 12.1 Å². The highest BCUT2D eigenvalue weighted by atomic mass is 19.4. The van der Waals surface area contributed by atoms with Crippen molar-refractivity contribution >= 4 is 23.3 Å². The molecular formula is C18H18F3N3O6. The molecule has 12 heteroatoms. The van der Waals surface area contributed by atoms with Gasteiger partial charge in [-0.15, -0.1) is 0 Å². The molecule has 9 nitrogen and oxygen atoms in total. The summed E-state index contributed by atoms with van der Waals surface area (Å²) in [4.78, 5) is 49.1. The second kappa shape index (κ2) is 8.01. The zero-order valence-corrected chi connectivity index (χ0v) is 15.8. The van der Waals surface area contributed by atoms with Crippen LogP contribution in [-0.2, 0) is 25.7 Å². The number of benzene rings is 1. The summed E-state index contributed by atoms with van der Waals surface area (Å²) in [5.74, 6) is -2.28. The fourth-order valence-corrected chi connectivity index (χ4v) is 3.78. The first-order valence-electron chi connectivity index (χ1n) is 9.09. The van der Waals surface area contributed by atoms with Crippen LogP contribution >= 0.6 is 0 Å². The van der Waals surface area contributed by atoms with Crippen molar-refractivity contribution in [1.82, 2.24) is 9.80 Å². The van der Waals surface area contributed by atoms with Gasteiger partial charge in [0.25, 0.3) is 5.69 Å². The Labute approximate surface area is 168 Å². The third kappa shape index (κ3) is 4.13. The average Bonchev–Trinajstić information content (AvgIpc) is 2.97. The van der Waals surface area contributed by atoms with E-state index in [-0.39, 0.29) is 25.3 Å². The molecule has 0 spiro atoms. The van der Waals surface area contributed by atoms with Crippen LogP contribution in [-0.4, -0.2) is 69.8 Å². The summed E-state index contributed by atoms with van der Waals surface area (Å²) in [6.07, 6.45) is -4.72. The number of amides is 1. The van der Waals surface area contributed by atoms with Crippen LogP contribution in [0.3, 0.4) is 0 Å². The van der Waals surface area contributed by atoms with Crippen LogP contribution in [0.25, 0.3) is 0 Å². The lowest BCUT2D eigenvalue weighted by Gasteiger charge is -2.48. The van der Waals surface area contributed by atoms with Crippen molar-refractivity contribution in [2.24, 2.45) is 0 Å². The first kappa shape index (κ1) is 21.7. The van der Waals surface area contributed by atoms with Crippen LogP contribution < -0.4 is 0 Å². The van der Waals surface area contributed by atoms with Crippen LogP contribution in [0.5, 0.6) is 0 Å². The Bertz CT molecular complexity index is 873. The Morgan fingerprint density at radius 1 is 1.30 bits per heavy atom. The van der Waals surface area contributed by atoms with E-state index >= 15 is 0 Å². The summed E-state index contributed by atoms with van der Waals surface area (Å²) >= 11 is 0. The summed E-state index contributed by atoms with van der Waals surface area (Å²) in [5.41, 5.74) is 0.293. The molecule has 0 N–H and O–H groups in total. The standard InChI is InChI=1S/C18H18F3N3O6/c1-2-22(9-18(19,20)21)14-12-7-13(25)15(23(12)16(14)26)17(27)30-8-10-3-5-11(6-4-10)24(28)29/h3-6,12,14-15H,2,7-9H2,1H3. The molecule has 1 amide bonds. The van der Waals surface area contributed by atoms with Gasteiger partial charge in [-0.1, -0.05) is 6.92 Å². The predicted octanol–water partition coefficient (Wildman–Crippen LogP) is 1.44. The van der Waals surface area contributed by atoms with Crippen molar-refractivity contribution < 1.29 is 37.2 Å². The lowest BCUT2D eigenvalue weighted by molar-refractivity contribution is -0.384. The van der Waals surface area contributed by atoms with Gasteiger partial charge in [-0.2, -0.15) is 13.2 Å². The number of esters is 1. The summed E-state index contributed by atoms with van der Waals surface area (Å²) in [5, 5.41) is 10.6. The number of halogens is 3. The van der Waals surface area contributed by atoms with E-state index in [1.165, 1.54) is 31.2 Å². The summed E-state index contributed by atoms with van der Waals surface area (Å²) in [7, 11) is 0. The molecular weight excluding hydrogens is 411 g/mol. The summed E-state index contributed by atoms with van der Waals surface area (Å²) in [6.45, 7) is -0.113. The minimum Gasteiger partial charge on any atom is -0.459 e. The molecule has 162 valence electrons. The number of hydrogen-bond donors (Lipinski definition) is 0. The Morgan fingerprint density at radius 2 is 1.93 bits per heavy atom. The maximum absolute atomic E-state index is 12.8. The van der Waals surface area contributed by atoms with Crippen molar-refractivity contribution in [2.75, 3.05) is 13.1 Å². The number of fused-ring (bicyclic) bond motifs is 1. The molecule has 2 aliphatic rings. The van der Waals surface area contributed by atoms with Crippen molar-refractivity contribution in [1.29, 1.82) is 0 Å². The quantitative estimate of drug-likeness (QED) is 0.212. The fourth-order valence-electron chi connectivity index (χ4n) is 3.78. The molecule has 30 heavy (non-hydrogen) atoms. The smallest absolute Gasteiger partial charge is 0.401 e. The third-order valence-corrected chi connectivity index (χ3v) is 5.16. The van der Waals surface area contributed by atoms with Gasteiger partial charge in [0.2, 0.25) is 5.91 Å². The molecule has 0 saturated carbocycles. The summed E-state index contributed by atoms with van der Waals surface area (Å²) in [6, 6.07) is 1.82. The summed E-state index contributed by atoms with van der Waals surface area (Å²) < 4.78 is 43.3. The van der Waals surface area contributed by atoms with Crippen LogP contribution in [0.4, 0.5) is 18.9 Å². The van der Waals surface area contributed by atoms with Crippen LogP contribution in [0.2, 0.25) is 0 Å². The number of hydrogen-bond acceptors (Lipinski definition) is 7. The van der Waals surface area contributed by atoms with Crippen molar-refractivity contribution in [2.45, 2.75) is 44.3 Å². The second-order valence-corrected chi connectivity index (χ2v) is 7.04. The Balaban J connectivity index is 1.64. The highest BCUT2D eigenvalue weighted by Crippen LogP contribution is 2.37. The van der Waals surface area contributed by atoms with Crippen LogP contribution in [0.15, 0.2) is 24.3 Å². The number of Topliss-reactive ketones (excluding diaryl/α,β-unsaturated/α-hetero) is 1. The highest BCUT2D eigenvalue weighted by Gasteiger charge is 2.62. The number of nitro benzene ring substituents is 1. The zero-order chi connectivity index (χ0) is 22.2. The van der Waals surface area contributed by atoms with Gasteiger partial charge in [0, 0.05) is 18.6 Å². The van der Waals surface area contributed by atoms with Gasteiger partial charge in [-0.25, -0.2) is 4.79 Å². The van der Waals surface area contributed by atoms with Crippen molar-refractivity contribution in [3.63, 3.8) is 0 Å². The maximum Gasteiger partial charge on any atom is 0.401 e. The fraction of sp³-hybridized carbons (Fsp3) is 0.500. The largest absolute Gasteiger partial charge is 0.459 e. The van der Waals surface area contributed by atoms with E-state index in [1.54, 1.807) is 0 Å². The molecule has 0 radical (unpaired) electrons. The van der Waals surface area contributed by atoms with E-state index in [0.29, 0.717) is 5.56 Å². The maximum atomic E-state index is 12.8. The predicted molar refractivity (Wildman–Crippen MR) is 94.0 cm³/mol. The SMILES string of the molecule is CCN(CC(F)(F)F)C1C(=O)N2C(C(=O)OCc3ccc([N+](=O)[O-])cc3)C(=O)CC12. The van der Waals surface area contributed by atoms with Gasteiger partial charge in [0.15, 0.2) is 11.8 Å². The molecule has 3 atom stereocenters. The number of likely N-dealkylation sites (N-methyl/N-ethyl adjacent to an activating group) is 1. The van der Waals surface area contributed by atoms with Crippen molar-refractivity contribution in [3.05, 3.63) is 39.9 Å². The topological polar surface area (TPSA) is 110 Å². The number of ketones is 1. The van der Waals surface area contributed by atoms with Crippen molar-refractivity contribution in [3.8, 4) is 0 Å². The molecule has 0 bridgehead atoms. The number of rotatable bonds is 7. The first-order valence-corrected chi connectivity index (χ1v) is 9.09. The second-order valence-electron chi connectivity index (χ2n) is 7.04. The van der Waals surface area contributed by atoms with Gasteiger partial charge in [-0.05, 0) is 24.2 Å². The van der Waals surface area contributed by atoms with E-state index in [0.717, 1.165) is 9.80 Å². The molecule has 2 heterocycles. The number of nitrogens with zero attached hydrogens (tertiary/aromatic N) is 3. The number of alkyl halides is 3. The Morgan fingerprint density at radius 3 is 2.47 bits per heavy atom. The van der Waals surface area contributed by atoms with Gasteiger partial charge in [0.05, 0.1) is 17.5 Å². The molecule has 3 rings (SSSR count). The average molecular weight is 429 g/mol. The first-order chi connectivity index (χ1) is 14.0. The normalized spacial score (nSPS) is 23.4. The minimum atomic E-state index is -4.50.